The van der Waals surface area contributed by atoms with Gasteiger partial charge in [0.05, 0.1) is 7.11 Å². The summed E-state index contributed by atoms with van der Waals surface area (Å²) in [6, 6.07) is 0.234. The average molecular weight is 251 g/mol. The third kappa shape index (κ3) is 2.92. The van der Waals surface area contributed by atoms with E-state index in [1.807, 2.05) is 12.2 Å². The molecule has 2 aliphatic carbocycles. The second kappa shape index (κ2) is 6.03. The SMILES string of the molecule is COC(=O)CN(C(=O)C1CC=CC1)C1CCCC1. The van der Waals surface area contributed by atoms with Gasteiger partial charge in [-0.25, -0.2) is 0 Å². The first kappa shape index (κ1) is 13.1. The molecule has 18 heavy (non-hydrogen) atoms. The van der Waals surface area contributed by atoms with Gasteiger partial charge in [0, 0.05) is 12.0 Å². The summed E-state index contributed by atoms with van der Waals surface area (Å²) in [5.41, 5.74) is 0. The Hall–Kier alpha value is -1.32. The van der Waals surface area contributed by atoms with Crippen molar-refractivity contribution in [2.24, 2.45) is 5.92 Å². The maximum absolute atomic E-state index is 12.5. The van der Waals surface area contributed by atoms with Gasteiger partial charge in [-0.3, -0.25) is 9.59 Å². The molecule has 0 aromatic carbocycles. The molecule has 100 valence electrons. The number of methoxy groups -OCH3 is 1. The fraction of sp³-hybridized carbons (Fsp3) is 0.714. The Morgan fingerprint density at radius 3 is 2.39 bits per heavy atom. The van der Waals surface area contributed by atoms with E-state index in [4.69, 9.17) is 4.74 Å². The summed E-state index contributed by atoms with van der Waals surface area (Å²) in [5.74, 6) is -0.159. The van der Waals surface area contributed by atoms with Crippen LogP contribution >= 0.6 is 0 Å². The van der Waals surface area contributed by atoms with E-state index in [9.17, 15) is 9.59 Å². The number of nitrogens with zero attached hydrogens (tertiary/aromatic N) is 1. The zero-order valence-corrected chi connectivity index (χ0v) is 10.9. The molecule has 0 atom stereocenters. The van der Waals surface area contributed by atoms with Crippen molar-refractivity contribution in [2.75, 3.05) is 13.7 Å². The molecule has 0 radical (unpaired) electrons. The summed E-state index contributed by atoms with van der Waals surface area (Å²) >= 11 is 0. The first-order chi connectivity index (χ1) is 8.72. The maximum atomic E-state index is 12.5. The van der Waals surface area contributed by atoms with Crippen molar-refractivity contribution in [1.29, 1.82) is 0 Å². The fourth-order valence-corrected chi connectivity index (χ4v) is 2.86. The summed E-state index contributed by atoms with van der Waals surface area (Å²) in [6.45, 7) is 0.108. The van der Waals surface area contributed by atoms with Gasteiger partial charge in [0.25, 0.3) is 0 Å². The van der Waals surface area contributed by atoms with E-state index in [-0.39, 0.29) is 30.4 Å². The number of carbonyl (C=O) groups is 2. The second-order valence-electron chi connectivity index (χ2n) is 5.12. The van der Waals surface area contributed by atoms with Gasteiger partial charge in [-0.1, -0.05) is 25.0 Å². The molecule has 0 bridgehead atoms. The third-order valence-corrected chi connectivity index (χ3v) is 3.93. The van der Waals surface area contributed by atoms with Crippen LogP contribution in [-0.4, -0.2) is 36.5 Å². The minimum absolute atomic E-state index is 0.0373. The summed E-state index contributed by atoms with van der Waals surface area (Å²) in [5, 5.41) is 0. The topological polar surface area (TPSA) is 46.6 Å². The van der Waals surface area contributed by atoms with E-state index < -0.39 is 0 Å². The Morgan fingerprint density at radius 2 is 1.83 bits per heavy atom. The van der Waals surface area contributed by atoms with Crippen molar-refractivity contribution in [3.05, 3.63) is 12.2 Å². The van der Waals surface area contributed by atoms with Crippen molar-refractivity contribution < 1.29 is 14.3 Å². The standard InChI is InChI=1S/C14H21NO3/c1-18-13(16)10-15(12-8-4-5-9-12)14(17)11-6-2-3-7-11/h2-3,11-12H,4-10H2,1H3. The van der Waals surface area contributed by atoms with Gasteiger partial charge < -0.3 is 9.64 Å². The summed E-state index contributed by atoms with van der Waals surface area (Å²) in [7, 11) is 1.37. The largest absolute Gasteiger partial charge is 0.468 e. The molecule has 1 amide bonds. The molecule has 0 aromatic heterocycles. The predicted octanol–water partition coefficient (Wildman–Crippen LogP) is 1.90. The highest BCUT2D eigenvalue weighted by atomic mass is 16.5. The smallest absolute Gasteiger partial charge is 0.325 e. The van der Waals surface area contributed by atoms with Crippen LogP contribution in [0.4, 0.5) is 0 Å². The third-order valence-electron chi connectivity index (χ3n) is 3.93. The van der Waals surface area contributed by atoms with Crippen molar-refractivity contribution in [3.8, 4) is 0 Å². The predicted molar refractivity (Wildman–Crippen MR) is 67.8 cm³/mol. The van der Waals surface area contributed by atoms with Crippen molar-refractivity contribution in [3.63, 3.8) is 0 Å². The Kier molecular flexibility index (Phi) is 4.39. The van der Waals surface area contributed by atoms with Crippen LogP contribution in [0.3, 0.4) is 0 Å². The number of ether oxygens (including phenoxy) is 1. The lowest BCUT2D eigenvalue weighted by atomic mass is 10.0. The van der Waals surface area contributed by atoms with E-state index in [1.165, 1.54) is 7.11 Å². The van der Waals surface area contributed by atoms with Crippen LogP contribution in [0.1, 0.15) is 38.5 Å². The zero-order chi connectivity index (χ0) is 13.0. The summed E-state index contributed by atoms with van der Waals surface area (Å²) in [4.78, 5) is 25.7. The average Bonchev–Trinajstić information content (AvgIpc) is 3.06. The maximum Gasteiger partial charge on any atom is 0.325 e. The van der Waals surface area contributed by atoms with Gasteiger partial charge >= 0.3 is 5.97 Å². The number of esters is 1. The molecule has 0 spiro atoms. The minimum Gasteiger partial charge on any atom is -0.468 e. The fourth-order valence-electron chi connectivity index (χ4n) is 2.86. The van der Waals surface area contributed by atoms with E-state index in [0.717, 1.165) is 38.5 Å². The molecule has 0 N–H and O–H groups in total. The number of amides is 1. The van der Waals surface area contributed by atoms with E-state index in [0.29, 0.717) is 0 Å². The Labute approximate surface area is 108 Å². The molecule has 4 nitrogen and oxygen atoms in total. The molecule has 1 fully saturated rings. The molecule has 2 rings (SSSR count). The molecule has 0 heterocycles. The molecule has 1 saturated carbocycles. The van der Waals surface area contributed by atoms with Gasteiger partial charge in [0.15, 0.2) is 0 Å². The van der Waals surface area contributed by atoms with Gasteiger partial charge in [0.1, 0.15) is 6.54 Å². The van der Waals surface area contributed by atoms with Crippen LogP contribution in [0.2, 0.25) is 0 Å². The van der Waals surface area contributed by atoms with Gasteiger partial charge in [-0.05, 0) is 25.7 Å². The lowest BCUT2D eigenvalue weighted by molar-refractivity contribution is -0.150. The molecular formula is C14H21NO3. The molecule has 0 aromatic rings. The molecule has 0 aliphatic heterocycles. The second-order valence-corrected chi connectivity index (χ2v) is 5.12. The molecule has 4 heteroatoms. The lowest BCUT2D eigenvalue weighted by Crippen LogP contribution is -2.45. The highest BCUT2D eigenvalue weighted by molar-refractivity contribution is 5.84. The first-order valence-electron chi connectivity index (χ1n) is 6.74. The van der Waals surface area contributed by atoms with E-state index >= 15 is 0 Å². The van der Waals surface area contributed by atoms with Crippen LogP contribution in [-0.2, 0) is 14.3 Å². The van der Waals surface area contributed by atoms with Crippen LogP contribution in [0, 0.1) is 5.92 Å². The molecular weight excluding hydrogens is 230 g/mol. The monoisotopic (exact) mass is 251 g/mol. The van der Waals surface area contributed by atoms with Crippen LogP contribution < -0.4 is 0 Å². The minimum atomic E-state index is -0.318. The van der Waals surface area contributed by atoms with Crippen LogP contribution in [0.15, 0.2) is 12.2 Å². The molecule has 0 saturated heterocycles. The first-order valence-corrected chi connectivity index (χ1v) is 6.74. The Bertz CT molecular complexity index is 337. The number of hydrogen-bond donors (Lipinski definition) is 0. The van der Waals surface area contributed by atoms with E-state index in [1.54, 1.807) is 4.90 Å². The Balaban J connectivity index is 2.02. The molecule has 0 unspecified atom stereocenters. The quantitative estimate of drug-likeness (QED) is 0.566. The van der Waals surface area contributed by atoms with Crippen molar-refractivity contribution >= 4 is 11.9 Å². The van der Waals surface area contributed by atoms with Crippen LogP contribution in [0.25, 0.3) is 0 Å². The number of allylic oxidation sites excluding steroid dienone is 2. The van der Waals surface area contributed by atoms with Crippen molar-refractivity contribution in [2.45, 2.75) is 44.6 Å². The molecule has 2 aliphatic rings. The summed E-state index contributed by atoms with van der Waals surface area (Å²) < 4.78 is 4.70. The number of rotatable bonds is 4. The van der Waals surface area contributed by atoms with Gasteiger partial charge in [0.2, 0.25) is 5.91 Å². The highest BCUT2D eigenvalue weighted by Gasteiger charge is 2.32. The zero-order valence-electron chi connectivity index (χ0n) is 10.9. The number of carbonyl (C=O) groups excluding carboxylic acids is 2. The van der Waals surface area contributed by atoms with Gasteiger partial charge in [-0.15, -0.1) is 0 Å². The van der Waals surface area contributed by atoms with Crippen LogP contribution in [0.5, 0.6) is 0 Å². The Morgan fingerprint density at radius 1 is 1.22 bits per heavy atom. The van der Waals surface area contributed by atoms with Gasteiger partial charge in [-0.2, -0.15) is 0 Å². The van der Waals surface area contributed by atoms with E-state index in [2.05, 4.69) is 0 Å². The lowest BCUT2D eigenvalue weighted by Gasteiger charge is -2.30. The normalized spacial score (nSPS) is 20.3. The van der Waals surface area contributed by atoms with Crippen molar-refractivity contribution in [1.82, 2.24) is 4.90 Å². The highest BCUT2D eigenvalue weighted by Crippen LogP contribution is 2.27. The number of hydrogen-bond acceptors (Lipinski definition) is 3. The summed E-state index contributed by atoms with van der Waals surface area (Å²) in [6.07, 6.45) is 10.1.